The lowest BCUT2D eigenvalue weighted by atomic mass is 9.86. The molecule has 0 nitrogen and oxygen atoms in total. The molecule has 114 valence electrons. The highest BCUT2D eigenvalue weighted by Crippen LogP contribution is 2.38. The van der Waals surface area contributed by atoms with Crippen molar-refractivity contribution in [3.8, 4) is 0 Å². The minimum atomic E-state index is -0.0995. The lowest BCUT2D eigenvalue weighted by Gasteiger charge is -2.19. The van der Waals surface area contributed by atoms with Crippen LogP contribution in [0.25, 0.3) is 21.5 Å². The summed E-state index contributed by atoms with van der Waals surface area (Å²) in [4.78, 5) is 0. The SMILES string of the molecule is Cc1cc2c(cc(F)c3c(C)c(C)c(C)c(C)c32)c(C)c1C. The molecule has 0 bridgehead atoms. The molecule has 0 amide bonds. The second kappa shape index (κ2) is 4.81. The van der Waals surface area contributed by atoms with Crippen molar-refractivity contribution in [2.24, 2.45) is 0 Å². The number of hydrogen-bond donors (Lipinski definition) is 0. The Kier molecular flexibility index (Phi) is 3.28. The Morgan fingerprint density at radius 1 is 0.545 bits per heavy atom. The highest BCUT2D eigenvalue weighted by atomic mass is 19.1. The van der Waals surface area contributed by atoms with Gasteiger partial charge in [-0.1, -0.05) is 6.07 Å². The third kappa shape index (κ3) is 1.81. The van der Waals surface area contributed by atoms with Crippen LogP contribution in [0.5, 0.6) is 0 Å². The predicted molar refractivity (Wildman–Crippen MR) is 94.6 cm³/mol. The molecular weight excluding hydrogens is 271 g/mol. The maximum Gasteiger partial charge on any atom is 0.131 e. The monoisotopic (exact) mass is 294 g/mol. The number of benzene rings is 3. The van der Waals surface area contributed by atoms with Gasteiger partial charge in [0.1, 0.15) is 5.82 Å². The van der Waals surface area contributed by atoms with Crippen LogP contribution in [0.15, 0.2) is 12.1 Å². The van der Waals surface area contributed by atoms with Crippen molar-refractivity contribution < 1.29 is 4.39 Å². The zero-order chi connectivity index (χ0) is 16.3. The number of fused-ring (bicyclic) bond motifs is 3. The molecule has 0 atom stereocenters. The molecule has 3 aromatic carbocycles. The third-order valence-electron chi connectivity index (χ3n) is 5.68. The van der Waals surface area contributed by atoms with Gasteiger partial charge in [0.15, 0.2) is 0 Å². The van der Waals surface area contributed by atoms with E-state index < -0.39 is 0 Å². The average molecular weight is 294 g/mol. The van der Waals surface area contributed by atoms with Gasteiger partial charge in [0, 0.05) is 5.39 Å². The van der Waals surface area contributed by atoms with E-state index in [4.69, 9.17) is 0 Å². The molecule has 0 fully saturated rings. The van der Waals surface area contributed by atoms with Gasteiger partial charge in [-0.15, -0.1) is 0 Å². The fourth-order valence-corrected chi connectivity index (χ4v) is 3.64. The minimum absolute atomic E-state index is 0.0995. The molecule has 0 radical (unpaired) electrons. The van der Waals surface area contributed by atoms with Crippen molar-refractivity contribution in [2.75, 3.05) is 0 Å². The highest BCUT2D eigenvalue weighted by molar-refractivity contribution is 6.12. The second-order valence-electron chi connectivity index (χ2n) is 6.65. The molecule has 0 unspecified atom stereocenters. The van der Waals surface area contributed by atoms with E-state index in [1.807, 2.05) is 6.92 Å². The van der Waals surface area contributed by atoms with Gasteiger partial charge in [-0.05, 0) is 110 Å². The van der Waals surface area contributed by atoms with Crippen LogP contribution in [0, 0.1) is 54.3 Å². The second-order valence-corrected chi connectivity index (χ2v) is 6.65. The van der Waals surface area contributed by atoms with Crippen LogP contribution < -0.4 is 0 Å². The first kappa shape index (κ1) is 15.0. The van der Waals surface area contributed by atoms with Gasteiger partial charge in [-0.2, -0.15) is 0 Å². The van der Waals surface area contributed by atoms with E-state index in [0.29, 0.717) is 0 Å². The molecule has 22 heavy (non-hydrogen) atoms. The number of halogens is 1. The molecule has 0 N–H and O–H groups in total. The van der Waals surface area contributed by atoms with E-state index in [9.17, 15) is 4.39 Å². The molecule has 0 aromatic heterocycles. The van der Waals surface area contributed by atoms with E-state index in [1.165, 1.54) is 38.8 Å². The Morgan fingerprint density at radius 3 is 1.68 bits per heavy atom. The number of rotatable bonds is 0. The van der Waals surface area contributed by atoms with E-state index in [0.717, 1.165) is 21.7 Å². The molecule has 3 aromatic rings. The maximum absolute atomic E-state index is 14.9. The Balaban J connectivity index is 2.74. The predicted octanol–water partition coefficient (Wildman–Crippen LogP) is 6.29. The van der Waals surface area contributed by atoms with Crippen LogP contribution in [0.4, 0.5) is 4.39 Å². The molecule has 0 heterocycles. The fraction of sp³-hybridized carbons (Fsp3) is 0.333. The molecule has 0 saturated carbocycles. The van der Waals surface area contributed by atoms with Crippen molar-refractivity contribution >= 4 is 21.5 Å². The molecule has 0 aliphatic rings. The zero-order valence-corrected chi connectivity index (χ0v) is 14.5. The summed E-state index contributed by atoms with van der Waals surface area (Å²) in [7, 11) is 0. The van der Waals surface area contributed by atoms with Crippen LogP contribution in [0.2, 0.25) is 0 Å². The first-order valence-corrected chi connectivity index (χ1v) is 7.84. The first-order chi connectivity index (χ1) is 10.3. The summed E-state index contributed by atoms with van der Waals surface area (Å²) in [6.07, 6.45) is 0. The third-order valence-corrected chi connectivity index (χ3v) is 5.68. The lowest BCUT2D eigenvalue weighted by Crippen LogP contribution is -1.99. The lowest BCUT2D eigenvalue weighted by molar-refractivity contribution is 0.640. The minimum Gasteiger partial charge on any atom is -0.206 e. The van der Waals surface area contributed by atoms with Gasteiger partial charge in [-0.25, -0.2) is 4.39 Å². The van der Waals surface area contributed by atoms with Gasteiger partial charge in [0.25, 0.3) is 0 Å². The summed E-state index contributed by atoms with van der Waals surface area (Å²) in [5, 5.41) is 4.09. The van der Waals surface area contributed by atoms with Crippen LogP contribution >= 0.6 is 0 Å². The maximum atomic E-state index is 14.9. The molecular formula is C21H23F. The van der Waals surface area contributed by atoms with Crippen molar-refractivity contribution in [2.45, 2.75) is 48.5 Å². The van der Waals surface area contributed by atoms with Gasteiger partial charge in [0.05, 0.1) is 0 Å². The topological polar surface area (TPSA) is 0 Å². The van der Waals surface area contributed by atoms with Crippen LogP contribution in [-0.4, -0.2) is 0 Å². The Labute approximate surface area is 132 Å². The van der Waals surface area contributed by atoms with Gasteiger partial charge in [-0.3, -0.25) is 0 Å². The zero-order valence-electron chi connectivity index (χ0n) is 14.5. The van der Waals surface area contributed by atoms with Crippen LogP contribution in [-0.2, 0) is 0 Å². The van der Waals surface area contributed by atoms with Crippen LogP contribution in [0.1, 0.15) is 38.9 Å². The van der Waals surface area contributed by atoms with Gasteiger partial charge in [0.2, 0.25) is 0 Å². The summed E-state index contributed by atoms with van der Waals surface area (Å²) in [6.45, 7) is 14.7. The smallest absolute Gasteiger partial charge is 0.131 e. The molecule has 0 saturated heterocycles. The molecule has 0 aliphatic carbocycles. The molecule has 0 aliphatic heterocycles. The van der Waals surface area contributed by atoms with E-state index in [-0.39, 0.29) is 5.82 Å². The van der Waals surface area contributed by atoms with Gasteiger partial charge >= 0.3 is 0 Å². The first-order valence-electron chi connectivity index (χ1n) is 7.84. The highest BCUT2D eigenvalue weighted by Gasteiger charge is 2.17. The van der Waals surface area contributed by atoms with Gasteiger partial charge < -0.3 is 0 Å². The average Bonchev–Trinajstić information content (AvgIpc) is 2.48. The van der Waals surface area contributed by atoms with Crippen molar-refractivity contribution in [1.82, 2.24) is 0 Å². The Hall–Kier alpha value is -1.89. The molecule has 3 rings (SSSR count). The summed E-state index contributed by atoms with van der Waals surface area (Å²) >= 11 is 0. The standard InChI is InChI=1S/C21H23F/c1-10-8-18-17(14(5)11(10)2)9-19(22)21-16(7)13(4)12(3)15(6)20(18)21/h8-9H,1-7H3. The summed E-state index contributed by atoms with van der Waals surface area (Å²) in [5.74, 6) is -0.0995. The summed E-state index contributed by atoms with van der Waals surface area (Å²) in [5.41, 5.74) is 8.44. The number of aryl methyl sites for hydroxylation is 4. The summed E-state index contributed by atoms with van der Waals surface area (Å²) < 4.78 is 14.9. The van der Waals surface area contributed by atoms with Crippen LogP contribution in [0.3, 0.4) is 0 Å². The van der Waals surface area contributed by atoms with E-state index in [1.54, 1.807) is 6.07 Å². The normalized spacial score (nSPS) is 11.6. The fourth-order valence-electron chi connectivity index (χ4n) is 3.64. The summed E-state index contributed by atoms with van der Waals surface area (Å²) in [6, 6.07) is 3.95. The van der Waals surface area contributed by atoms with E-state index in [2.05, 4.69) is 47.6 Å². The van der Waals surface area contributed by atoms with Crippen molar-refractivity contribution in [3.63, 3.8) is 0 Å². The number of hydrogen-bond acceptors (Lipinski definition) is 0. The van der Waals surface area contributed by atoms with Crippen molar-refractivity contribution in [3.05, 3.63) is 56.9 Å². The molecule has 0 spiro atoms. The Morgan fingerprint density at radius 2 is 1.09 bits per heavy atom. The van der Waals surface area contributed by atoms with Crippen molar-refractivity contribution in [1.29, 1.82) is 0 Å². The largest absolute Gasteiger partial charge is 0.206 e. The quantitative estimate of drug-likeness (QED) is 0.427. The Bertz CT molecular complexity index is 946. The molecule has 1 heteroatoms. The van der Waals surface area contributed by atoms with E-state index >= 15 is 0 Å².